The summed E-state index contributed by atoms with van der Waals surface area (Å²) < 4.78 is 0. The average Bonchev–Trinajstić information content (AvgIpc) is 2.77. The van der Waals surface area contributed by atoms with Crippen LogP contribution in [0.1, 0.15) is 18.4 Å². The van der Waals surface area contributed by atoms with Gasteiger partial charge in [0.15, 0.2) is 0 Å². The molecule has 1 aliphatic rings. The lowest BCUT2D eigenvalue weighted by Gasteiger charge is -2.14. The molecule has 0 amide bonds. The van der Waals surface area contributed by atoms with Crippen LogP contribution in [-0.2, 0) is 6.54 Å². The normalized spacial score (nSPS) is 15.8. The van der Waals surface area contributed by atoms with Crippen molar-refractivity contribution < 1.29 is 0 Å². The van der Waals surface area contributed by atoms with Crippen molar-refractivity contribution in [2.75, 3.05) is 26.2 Å². The van der Waals surface area contributed by atoms with Gasteiger partial charge in [-0.05, 0) is 43.6 Å². The van der Waals surface area contributed by atoms with E-state index >= 15 is 0 Å². The summed E-state index contributed by atoms with van der Waals surface area (Å²) in [5.74, 6) is 0. The van der Waals surface area contributed by atoms with Crippen molar-refractivity contribution in [2.24, 2.45) is 0 Å². The zero-order chi connectivity index (χ0) is 11.2. The first-order valence-corrected chi connectivity index (χ1v) is 6.40. The average molecular weight is 275 g/mol. The first kappa shape index (κ1) is 14.8. The van der Waals surface area contributed by atoms with Crippen LogP contribution >= 0.6 is 24.0 Å². The molecule has 1 aromatic carbocycles. The van der Waals surface area contributed by atoms with Gasteiger partial charge in [0, 0.05) is 24.7 Å². The van der Waals surface area contributed by atoms with E-state index in [2.05, 4.69) is 16.3 Å². The highest BCUT2D eigenvalue weighted by Gasteiger charge is 2.09. The Hall–Kier alpha value is -0.280. The fraction of sp³-hybridized carbons (Fsp3) is 0.538. The molecule has 1 N–H and O–H groups in total. The summed E-state index contributed by atoms with van der Waals surface area (Å²) in [6, 6.07) is 8.04. The molecule has 0 radical (unpaired) electrons. The fourth-order valence-electron chi connectivity index (χ4n) is 2.12. The fourth-order valence-corrected chi connectivity index (χ4v) is 2.34. The molecule has 0 saturated carbocycles. The minimum Gasteiger partial charge on any atom is -0.311 e. The van der Waals surface area contributed by atoms with Crippen molar-refractivity contribution in [3.63, 3.8) is 0 Å². The van der Waals surface area contributed by atoms with Crippen molar-refractivity contribution >= 4 is 24.0 Å². The number of rotatable bonds is 5. The summed E-state index contributed by atoms with van der Waals surface area (Å²) in [4.78, 5) is 2.52. The molecular formula is C13H20Cl2N2. The highest BCUT2D eigenvalue weighted by molar-refractivity contribution is 6.30. The minimum atomic E-state index is 0. The van der Waals surface area contributed by atoms with E-state index in [1.807, 2.05) is 18.2 Å². The van der Waals surface area contributed by atoms with E-state index < -0.39 is 0 Å². The second-order valence-corrected chi connectivity index (χ2v) is 4.79. The van der Waals surface area contributed by atoms with Gasteiger partial charge in [-0.2, -0.15) is 0 Å². The molecule has 17 heavy (non-hydrogen) atoms. The molecule has 2 rings (SSSR count). The number of hydrogen-bond donors (Lipinski definition) is 1. The summed E-state index contributed by atoms with van der Waals surface area (Å²) >= 11 is 5.93. The second-order valence-electron chi connectivity index (χ2n) is 4.36. The molecule has 4 heteroatoms. The number of hydrogen-bond acceptors (Lipinski definition) is 2. The van der Waals surface area contributed by atoms with Crippen LogP contribution in [0.4, 0.5) is 0 Å². The van der Waals surface area contributed by atoms with Crippen LogP contribution in [0, 0.1) is 0 Å². The Morgan fingerprint density at radius 1 is 1.24 bits per heavy atom. The van der Waals surface area contributed by atoms with Gasteiger partial charge in [0.25, 0.3) is 0 Å². The maximum absolute atomic E-state index is 5.93. The Morgan fingerprint density at radius 2 is 2.00 bits per heavy atom. The third kappa shape index (κ3) is 5.26. The minimum absolute atomic E-state index is 0. The number of nitrogens with one attached hydrogen (secondary N) is 1. The summed E-state index contributed by atoms with van der Waals surface area (Å²) in [6.07, 6.45) is 2.74. The zero-order valence-electron chi connectivity index (χ0n) is 9.99. The Kier molecular flexibility index (Phi) is 6.90. The van der Waals surface area contributed by atoms with Crippen molar-refractivity contribution in [1.29, 1.82) is 0 Å². The quantitative estimate of drug-likeness (QED) is 0.831. The molecule has 1 aliphatic heterocycles. The van der Waals surface area contributed by atoms with Crippen molar-refractivity contribution in [3.05, 3.63) is 34.9 Å². The Labute approximate surface area is 115 Å². The van der Waals surface area contributed by atoms with Gasteiger partial charge >= 0.3 is 0 Å². The molecule has 0 aliphatic carbocycles. The van der Waals surface area contributed by atoms with Gasteiger partial charge < -0.3 is 10.2 Å². The predicted octanol–water partition coefficient (Wildman–Crippen LogP) is 2.95. The molecule has 1 heterocycles. The molecule has 1 aromatic rings. The molecule has 2 nitrogen and oxygen atoms in total. The van der Waals surface area contributed by atoms with Gasteiger partial charge in [-0.3, -0.25) is 0 Å². The van der Waals surface area contributed by atoms with E-state index in [1.54, 1.807) is 0 Å². The van der Waals surface area contributed by atoms with Crippen LogP contribution in [0.25, 0.3) is 0 Å². The van der Waals surface area contributed by atoms with E-state index in [9.17, 15) is 0 Å². The van der Waals surface area contributed by atoms with Gasteiger partial charge in [0.05, 0.1) is 0 Å². The number of benzene rings is 1. The molecular weight excluding hydrogens is 255 g/mol. The van der Waals surface area contributed by atoms with Crippen LogP contribution < -0.4 is 5.32 Å². The Balaban J connectivity index is 0.00000144. The molecule has 1 saturated heterocycles. The second kappa shape index (κ2) is 7.93. The summed E-state index contributed by atoms with van der Waals surface area (Å²) in [6.45, 7) is 5.69. The largest absolute Gasteiger partial charge is 0.311 e. The van der Waals surface area contributed by atoms with Gasteiger partial charge in [-0.15, -0.1) is 12.4 Å². The van der Waals surface area contributed by atoms with Crippen molar-refractivity contribution in [1.82, 2.24) is 10.2 Å². The summed E-state index contributed by atoms with van der Waals surface area (Å²) in [7, 11) is 0. The van der Waals surface area contributed by atoms with Gasteiger partial charge in [-0.1, -0.05) is 23.7 Å². The lowest BCUT2D eigenvalue weighted by Crippen LogP contribution is -2.29. The molecule has 0 spiro atoms. The first-order chi connectivity index (χ1) is 7.84. The SMILES string of the molecule is Cl.Clc1cccc(CNCCN2CCCC2)c1. The van der Waals surface area contributed by atoms with Crippen LogP contribution in [0.3, 0.4) is 0 Å². The summed E-state index contributed by atoms with van der Waals surface area (Å²) in [5, 5.41) is 4.27. The van der Waals surface area contributed by atoms with E-state index in [-0.39, 0.29) is 12.4 Å². The van der Waals surface area contributed by atoms with E-state index in [1.165, 1.54) is 38.0 Å². The van der Waals surface area contributed by atoms with E-state index in [0.29, 0.717) is 0 Å². The molecule has 1 fully saturated rings. The number of nitrogens with zero attached hydrogens (tertiary/aromatic N) is 1. The highest BCUT2D eigenvalue weighted by atomic mass is 35.5. The van der Waals surface area contributed by atoms with Crippen LogP contribution in [0.5, 0.6) is 0 Å². The topological polar surface area (TPSA) is 15.3 Å². The standard InChI is InChI=1S/C13H19ClN2.ClH/c14-13-5-3-4-12(10-13)11-15-6-9-16-7-1-2-8-16;/h3-5,10,15H,1-2,6-9,11H2;1H. The van der Waals surface area contributed by atoms with Gasteiger partial charge in [-0.25, -0.2) is 0 Å². The zero-order valence-corrected chi connectivity index (χ0v) is 11.6. The Morgan fingerprint density at radius 3 is 2.71 bits per heavy atom. The maximum atomic E-state index is 5.93. The monoisotopic (exact) mass is 274 g/mol. The molecule has 0 aromatic heterocycles. The first-order valence-electron chi connectivity index (χ1n) is 6.02. The van der Waals surface area contributed by atoms with Gasteiger partial charge in [0.1, 0.15) is 0 Å². The van der Waals surface area contributed by atoms with Crippen LogP contribution in [0.2, 0.25) is 5.02 Å². The number of likely N-dealkylation sites (tertiary alicyclic amines) is 1. The van der Waals surface area contributed by atoms with Crippen molar-refractivity contribution in [3.8, 4) is 0 Å². The Bertz CT molecular complexity index is 325. The lowest BCUT2D eigenvalue weighted by atomic mass is 10.2. The molecule has 0 atom stereocenters. The predicted molar refractivity (Wildman–Crippen MR) is 76.1 cm³/mol. The maximum Gasteiger partial charge on any atom is 0.0409 e. The molecule has 0 unspecified atom stereocenters. The smallest absolute Gasteiger partial charge is 0.0409 e. The third-order valence-electron chi connectivity index (χ3n) is 3.02. The molecule has 0 bridgehead atoms. The van der Waals surface area contributed by atoms with E-state index in [4.69, 9.17) is 11.6 Å². The number of halogens is 2. The summed E-state index contributed by atoms with van der Waals surface area (Å²) in [5.41, 5.74) is 1.26. The van der Waals surface area contributed by atoms with Crippen LogP contribution in [0.15, 0.2) is 24.3 Å². The van der Waals surface area contributed by atoms with Crippen LogP contribution in [-0.4, -0.2) is 31.1 Å². The highest BCUT2D eigenvalue weighted by Crippen LogP contribution is 2.10. The molecule has 96 valence electrons. The van der Waals surface area contributed by atoms with Crippen molar-refractivity contribution in [2.45, 2.75) is 19.4 Å². The third-order valence-corrected chi connectivity index (χ3v) is 3.26. The lowest BCUT2D eigenvalue weighted by molar-refractivity contribution is 0.335. The van der Waals surface area contributed by atoms with Gasteiger partial charge in [0.2, 0.25) is 0 Å². The van der Waals surface area contributed by atoms with E-state index in [0.717, 1.165) is 18.1 Å².